The second kappa shape index (κ2) is 60.4. The fourth-order valence-corrected chi connectivity index (χ4v) is 14.8. The molecule has 0 bridgehead atoms. The molecule has 0 atom stereocenters. The third-order valence-electron chi connectivity index (χ3n) is 23.7. The number of piperidine rings is 2. The van der Waals surface area contributed by atoms with Crippen molar-refractivity contribution in [2.24, 2.45) is 0 Å². The van der Waals surface area contributed by atoms with Crippen molar-refractivity contribution in [2.75, 3.05) is 144 Å². The molecule has 6 fully saturated rings. The number of likely N-dealkylation sites (N-methyl/N-ethyl adjacent to an activating group) is 2. The van der Waals surface area contributed by atoms with E-state index in [0.29, 0.717) is 16.2 Å². The van der Waals surface area contributed by atoms with E-state index >= 15 is 0 Å². The van der Waals surface area contributed by atoms with Crippen LogP contribution in [0.25, 0.3) is 33.4 Å². The predicted molar refractivity (Wildman–Crippen MR) is 548 cm³/mol. The zero-order valence-electron chi connectivity index (χ0n) is 83.4. The summed E-state index contributed by atoms with van der Waals surface area (Å²) < 4.78 is 10.3. The molecule has 6 aliphatic heterocycles. The number of hydrogen-bond acceptors (Lipinski definition) is 8. The molecule has 0 saturated carbocycles. The van der Waals surface area contributed by atoms with Crippen molar-refractivity contribution in [1.29, 1.82) is 0 Å². The van der Waals surface area contributed by atoms with E-state index in [1.165, 1.54) is 223 Å². The second-order valence-corrected chi connectivity index (χ2v) is 39.8. The summed E-state index contributed by atoms with van der Waals surface area (Å²) in [6, 6.07) is 89.7. The van der Waals surface area contributed by atoms with Gasteiger partial charge in [0.1, 0.15) is 0 Å². The largest absolute Gasteiger partial charge is 0.379 e. The average Bonchev–Trinajstić information content (AvgIpc) is 0.968. The van der Waals surface area contributed by atoms with Crippen molar-refractivity contribution in [3.05, 3.63) is 288 Å². The molecular formula is C116H178N6O2. The molecule has 0 aliphatic carbocycles. The molecule has 6 heterocycles. The minimum Gasteiger partial charge on any atom is -0.379 e. The Morgan fingerprint density at radius 1 is 0.169 bits per heavy atom. The topological polar surface area (TPSA) is 37.9 Å². The highest BCUT2D eigenvalue weighted by Crippen LogP contribution is 2.30. The lowest BCUT2D eigenvalue weighted by Gasteiger charge is -2.24. The molecule has 684 valence electrons. The fourth-order valence-electron chi connectivity index (χ4n) is 14.8. The third-order valence-corrected chi connectivity index (χ3v) is 23.7. The number of morpholine rings is 2. The lowest BCUT2D eigenvalue weighted by atomic mass is 9.86. The molecule has 124 heavy (non-hydrogen) atoms. The Labute approximate surface area is 762 Å². The van der Waals surface area contributed by atoms with Gasteiger partial charge < -0.3 is 29.1 Å². The summed E-state index contributed by atoms with van der Waals surface area (Å²) in [5, 5.41) is 0. The van der Waals surface area contributed by atoms with E-state index < -0.39 is 0 Å². The minimum absolute atomic E-state index is 0.231. The summed E-state index contributed by atoms with van der Waals surface area (Å²) in [4.78, 5) is 14.8. The smallest absolute Gasteiger partial charge is 0.0594 e. The summed E-state index contributed by atoms with van der Waals surface area (Å²) in [6.07, 6.45) is 14.3. The lowest BCUT2D eigenvalue weighted by Crippen LogP contribution is -2.35. The fraction of sp³-hybridized carbons (Fsp3) is 0.534. The van der Waals surface area contributed by atoms with Crippen molar-refractivity contribution < 1.29 is 9.47 Å². The van der Waals surface area contributed by atoms with Crippen LogP contribution in [0.3, 0.4) is 0 Å². The summed E-state index contributed by atoms with van der Waals surface area (Å²) >= 11 is 0. The van der Waals surface area contributed by atoms with Crippen molar-refractivity contribution >= 4 is 0 Å². The molecule has 0 N–H and O–H groups in total. The normalized spacial score (nSPS) is 16.0. The summed E-state index contributed by atoms with van der Waals surface area (Å²) in [5.41, 5.74) is 17.6. The summed E-state index contributed by atoms with van der Waals surface area (Å²) in [7, 11) is 0. The van der Waals surface area contributed by atoms with E-state index in [9.17, 15) is 0 Å². The van der Waals surface area contributed by atoms with E-state index in [1.807, 2.05) is 18.2 Å². The quantitative estimate of drug-likeness (QED) is 0.142. The maximum absolute atomic E-state index is 5.16. The number of hydrogen-bond donors (Lipinski definition) is 0. The molecule has 8 nitrogen and oxygen atoms in total. The van der Waals surface area contributed by atoms with Gasteiger partial charge in [0.25, 0.3) is 0 Å². The SMILES string of the molecule is CC(C)(C)c1ccc(-c2ccccc2)cc1.CC(C)(C)c1ccc(-c2ccccc2)cc1.CC(C)(C)c1ccc(-c2ccccc2)cc1.CC(C)(C)c1ccccc1.CC(C)(C)c1ccccc1.CC(C)(C)c1ccccc1.CCN1CCCC1.CCN1CCCC1.CCN1CCCCC1.CCN1CCCCC1.CCN1CCOCC1.CCN1CCOCC1. The maximum atomic E-state index is 5.16. The first-order chi connectivity index (χ1) is 59.1. The van der Waals surface area contributed by atoms with Crippen molar-refractivity contribution in [2.45, 2.75) is 263 Å². The average molecular weight is 1690 g/mol. The monoisotopic (exact) mass is 1690 g/mol. The van der Waals surface area contributed by atoms with Gasteiger partial charge in [0.15, 0.2) is 0 Å². The number of nitrogens with zero attached hydrogens (tertiary/aromatic N) is 6. The van der Waals surface area contributed by atoms with E-state index in [-0.39, 0.29) is 16.2 Å². The summed E-state index contributed by atoms with van der Waals surface area (Å²) in [6.45, 7) is 79.8. The predicted octanol–water partition coefficient (Wildman–Crippen LogP) is 28.8. The first-order valence-corrected chi connectivity index (χ1v) is 48.3. The Morgan fingerprint density at radius 3 is 0.444 bits per heavy atom. The number of benzene rings is 9. The molecule has 15 rings (SSSR count). The van der Waals surface area contributed by atoms with Crippen LogP contribution in [0.5, 0.6) is 0 Å². The molecule has 8 heteroatoms. The highest BCUT2D eigenvalue weighted by molar-refractivity contribution is 5.65. The molecule has 9 aromatic rings. The van der Waals surface area contributed by atoms with Gasteiger partial charge in [0, 0.05) is 26.2 Å². The molecule has 0 spiro atoms. The van der Waals surface area contributed by atoms with E-state index in [4.69, 9.17) is 9.47 Å². The number of rotatable bonds is 9. The Morgan fingerprint density at radius 2 is 0.306 bits per heavy atom. The van der Waals surface area contributed by atoms with Crippen LogP contribution in [0, 0.1) is 0 Å². The first kappa shape index (κ1) is 109. The summed E-state index contributed by atoms with van der Waals surface area (Å²) in [5.74, 6) is 0. The van der Waals surface area contributed by atoms with Gasteiger partial charge in [-0.05, 0) is 242 Å². The van der Waals surface area contributed by atoms with Gasteiger partial charge in [-0.15, -0.1) is 0 Å². The van der Waals surface area contributed by atoms with Crippen LogP contribution >= 0.6 is 0 Å². The van der Waals surface area contributed by atoms with E-state index in [0.717, 1.165) is 52.6 Å². The number of likely N-dealkylation sites (tertiary alicyclic amines) is 4. The highest BCUT2D eigenvalue weighted by atomic mass is 16.5. The van der Waals surface area contributed by atoms with Crippen LogP contribution in [0.2, 0.25) is 0 Å². The molecule has 6 saturated heterocycles. The molecule has 6 aliphatic rings. The van der Waals surface area contributed by atoms with Gasteiger partial charge in [0.05, 0.1) is 26.4 Å². The molecule has 9 aromatic carbocycles. The number of ether oxygens (including phenoxy) is 2. The molecule has 0 unspecified atom stereocenters. The van der Waals surface area contributed by atoms with Gasteiger partial charge in [-0.2, -0.15) is 0 Å². The van der Waals surface area contributed by atoms with Gasteiger partial charge in [0.2, 0.25) is 0 Å². The molecule has 0 amide bonds. The Bertz CT molecular complexity index is 3540. The third kappa shape index (κ3) is 47.5. The van der Waals surface area contributed by atoms with Crippen LogP contribution in [0.15, 0.2) is 255 Å². The van der Waals surface area contributed by atoms with Crippen molar-refractivity contribution in [3.63, 3.8) is 0 Å². The first-order valence-electron chi connectivity index (χ1n) is 48.3. The van der Waals surface area contributed by atoms with Gasteiger partial charge in [-0.25, -0.2) is 0 Å². The van der Waals surface area contributed by atoms with Gasteiger partial charge in [-0.3, -0.25) is 9.80 Å². The maximum Gasteiger partial charge on any atom is 0.0594 e. The Kier molecular flexibility index (Phi) is 53.1. The zero-order chi connectivity index (χ0) is 91.1. The standard InChI is InChI=1S/3C16H18.3C10H14.2C7H15N.2C6H13NO.2C6H13N/c3*1-16(2,3)15-11-9-14(10-12-15)13-7-5-4-6-8-13;3*1-10(2,3)9-7-5-4-6-8-9;2*1-2-8-6-4-3-5-7-8;2*1-2-7-3-5-8-6-4-7;2*1-2-7-5-3-4-6-7/h3*4-12H,1-3H3;3*4-8H,1-3H3;2*2-7H2,1H3;2*2-6H2,1H3;2*2-6H2,1H3. The highest BCUT2D eigenvalue weighted by Gasteiger charge is 2.19. The van der Waals surface area contributed by atoms with Crippen LogP contribution in [-0.2, 0) is 42.0 Å². The lowest BCUT2D eigenvalue weighted by molar-refractivity contribution is 0.0404. The molecule has 0 aromatic heterocycles. The van der Waals surface area contributed by atoms with Gasteiger partial charge >= 0.3 is 0 Å². The van der Waals surface area contributed by atoms with Gasteiger partial charge in [-0.1, -0.05) is 434 Å². The van der Waals surface area contributed by atoms with Crippen LogP contribution in [0.1, 0.15) is 264 Å². The zero-order valence-corrected chi connectivity index (χ0v) is 83.4. The second-order valence-electron chi connectivity index (χ2n) is 39.8. The van der Waals surface area contributed by atoms with Crippen LogP contribution in [-0.4, -0.2) is 174 Å². The van der Waals surface area contributed by atoms with Crippen molar-refractivity contribution in [3.8, 4) is 33.4 Å². The van der Waals surface area contributed by atoms with E-state index in [1.54, 1.807) is 0 Å². The Hall–Kier alpha value is -7.34. The van der Waals surface area contributed by atoms with Crippen LogP contribution in [0.4, 0.5) is 0 Å². The Balaban J connectivity index is 0.000000287. The van der Waals surface area contributed by atoms with E-state index in [2.05, 4.69) is 432 Å². The molecule has 0 radical (unpaired) electrons. The molecular weight excluding hydrogens is 1510 g/mol. The van der Waals surface area contributed by atoms with Crippen molar-refractivity contribution in [1.82, 2.24) is 29.4 Å². The van der Waals surface area contributed by atoms with Crippen LogP contribution < -0.4 is 0 Å². The minimum atomic E-state index is 0.231.